The minimum Gasteiger partial charge on any atom is -0.317 e. The van der Waals surface area contributed by atoms with Crippen LogP contribution in [0.3, 0.4) is 0 Å². The van der Waals surface area contributed by atoms with Gasteiger partial charge in [-0.25, -0.2) is 0 Å². The summed E-state index contributed by atoms with van der Waals surface area (Å²) in [4.78, 5) is 0. The van der Waals surface area contributed by atoms with E-state index >= 15 is 0 Å². The van der Waals surface area contributed by atoms with E-state index in [-0.39, 0.29) is 0 Å². The first-order chi connectivity index (χ1) is 9.60. The molecule has 0 radical (unpaired) electrons. The maximum absolute atomic E-state index is 5.96. The van der Waals surface area contributed by atoms with Crippen molar-refractivity contribution in [3.63, 3.8) is 0 Å². The fourth-order valence-corrected chi connectivity index (χ4v) is 2.94. The lowest BCUT2D eigenvalue weighted by atomic mass is 9.86. The van der Waals surface area contributed by atoms with Crippen LogP contribution in [0.5, 0.6) is 0 Å². The van der Waals surface area contributed by atoms with Crippen molar-refractivity contribution in [1.29, 1.82) is 0 Å². The molecule has 0 aliphatic rings. The molecule has 0 fully saturated rings. The van der Waals surface area contributed by atoms with Crippen molar-refractivity contribution in [1.82, 2.24) is 5.32 Å². The number of rotatable bonds is 5. The van der Waals surface area contributed by atoms with E-state index in [1.165, 1.54) is 11.1 Å². The SMILES string of the molecule is CNC(C)C(Cc1ccc(Cl)cc1)c1cccc(Br)c1. The molecule has 0 heterocycles. The molecule has 2 rings (SSSR count). The minimum atomic E-state index is 0.403. The topological polar surface area (TPSA) is 12.0 Å². The maximum Gasteiger partial charge on any atom is 0.0406 e. The number of hydrogen-bond acceptors (Lipinski definition) is 1. The number of halogens is 2. The van der Waals surface area contributed by atoms with Gasteiger partial charge >= 0.3 is 0 Å². The zero-order valence-electron chi connectivity index (χ0n) is 11.7. The Kier molecular flexibility index (Phi) is 5.64. The summed E-state index contributed by atoms with van der Waals surface area (Å²) in [7, 11) is 2.01. The molecule has 0 spiro atoms. The molecule has 20 heavy (non-hydrogen) atoms. The Morgan fingerprint density at radius 1 is 1.15 bits per heavy atom. The Balaban J connectivity index is 2.26. The highest BCUT2D eigenvalue weighted by atomic mass is 79.9. The van der Waals surface area contributed by atoms with E-state index in [2.05, 4.69) is 64.6 Å². The molecule has 2 unspecified atom stereocenters. The van der Waals surface area contributed by atoms with Crippen LogP contribution in [-0.4, -0.2) is 13.1 Å². The molecule has 0 amide bonds. The average Bonchev–Trinajstić information content (AvgIpc) is 2.46. The summed E-state index contributed by atoms with van der Waals surface area (Å²) < 4.78 is 1.12. The Morgan fingerprint density at radius 3 is 2.45 bits per heavy atom. The van der Waals surface area contributed by atoms with Gasteiger partial charge in [0.05, 0.1) is 0 Å². The van der Waals surface area contributed by atoms with Crippen LogP contribution >= 0.6 is 27.5 Å². The standard InChI is InChI=1S/C17H19BrClN/c1-12(20-2)17(14-4-3-5-15(18)11-14)10-13-6-8-16(19)9-7-13/h3-9,11-12,17,20H,10H2,1-2H3. The second kappa shape index (κ2) is 7.26. The molecule has 0 aliphatic heterocycles. The van der Waals surface area contributed by atoms with E-state index in [0.717, 1.165) is 15.9 Å². The Morgan fingerprint density at radius 2 is 1.85 bits per heavy atom. The molecular weight excluding hydrogens is 334 g/mol. The smallest absolute Gasteiger partial charge is 0.0406 e. The quantitative estimate of drug-likeness (QED) is 0.795. The van der Waals surface area contributed by atoms with Gasteiger partial charge in [-0.05, 0) is 55.8 Å². The molecular formula is C17H19BrClN. The molecule has 1 N–H and O–H groups in total. The highest BCUT2D eigenvalue weighted by molar-refractivity contribution is 9.10. The lowest BCUT2D eigenvalue weighted by Gasteiger charge is -2.24. The summed E-state index contributed by atoms with van der Waals surface area (Å²) in [5, 5.41) is 4.16. The Hall–Kier alpha value is -0.830. The first-order valence-corrected chi connectivity index (χ1v) is 7.94. The van der Waals surface area contributed by atoms with Crippen LogP contribution < -0.4 is 5.32 Å². The fourth-order valence-electron chi connectivity index (χ4n) is 2.40. The largest absolute Gasteiger partial charge is 0.317 e. The highest BCUT2D eigenvalue weighted by Crippen LogP contribution is 2.27. The van der Waals surface area contributed by atoms with Gasteiger partial charge in [0.2, 0.25) is 0 Å². The number of nitrogens with one attached hydrogen (secondary N) is 1. The van der Waals surface area contributed by atoms with Gasteiger partial charge in [0.1, 0.15) is 0 Å². The third kappa shape index (κ3) is 4.08. The van der Waals surface area contributed by atoms with Gasteiger partial charge in [-0.2, -0.15) is 0 Å². The van der Waals surface area contributed by atoms with E-state index in [1.54, 1.807) is 0 Å². The molecule has 106 valence electrons. The molecule has 2 atom stereocenters. The van der Waals surface area contributed by atoms with Crippen LogP contribution in [0.25, 0.3) is 0 Å². The van der Waals surface area contributed by atoms with Crippen LogP contribution in [0.2, 0.25) is 5.02 Å². The second-order valence-electron chi connectivity index (χ2n) is 5.07. The predicted octanol–water partition coefficient (Wildman–Crippen LogP) is 5.04. The van der Waals surface area contributed by atoms with Crippen molar-refractivity contribution in [2.45, 2.75) is 25.3 Å². The van der Waals surface area contributed by atoms with Crippen molar-refractivity contribution >= 4 is 27.5 Å². The van der Waals surface area contributed by atoms with E-state index in [4.69, 9.17) is 11.6 Å². The van der Waals surface area contributed by atoms with E-state index in [0.29, 0.717) is 12.0 Å². The molecule has 0 aliphatic carbocycles. The predicted molar refractivity (Wildman–Crippen MR) is 90.6 cm³/mol. The first-order valence-electron chi connectivity index (χ1n) is 6.77. The van der Waals surface area contributed by atoms with Crippen LogP contribution in [0.1, 0.15) is 24.0 Å². The summed E-state index contributed by atoms with van der Waals surface area (Å²) in [6.07, 6.45) is 0.996. The summed E-state index contributed by atoms with van der Waals surface area (Å²) in [6, 6.07) is 17.1. The summed E-state index contributed by atoms with van der Waals surface area (Å²) >= 11 is 9.52. The zero-order valence-corrected chi connectivity index (χ0v) is 14.1. The molecule has 0 bridgehead atoms. The zero-order chi connectivity index (χ0) is 14.5. The number of likely N-dealkylation sites (N-methyl/N-ethyl adjacent to an activating group) is 1. The lowest BCUT2D eigenvalue weighted by Crippen LogP contribution is -2.30. The second-order valence-corrected chi connectivity index (χ2v) is 6.42. The number of hydrogen-bond donors (Lipinski definition) is 1. The average molecular weight is 353 g/mol. The van der Waals surface area contributed by atoms with E-state index in [9.17, 15) is 0 Å². The van der Waals surface area contributed by atoms with Gasteiger partial charge < -0.3 is 5.32 Å². The summed E-state index contributed by atoms with van der Waals surface area (Å²) in [6.45, 7) is 2.22. The van der Waals surface area contributed by atoms with Gasteiger partial charge in [0.25, 0.3) is 0 Å². The van der Waals surface area contributed by atoms with Crippen molar-refractivity contribution < 1.29 is 0 Å². The van der Waals surface area contributed by atoms with Gasteiger partial charge in [-0.1, -0.05) is 51.8 Å². The van der Waals surface area contributed by atoms with Crippen LogP contribution in [-0.2, 0) is 6.42 Å². The minimum absolute atomic E-state index is 0.403. The van der Waals surface area contributed by atoms with Gasteiger partial charge in [0.15, 0.2) is 0 Å². The third-order valence-electron chi connectivity index (χ3n) is 3.70. The fraction of sp³-hybridized carbons (Fsp3) is 0.294. The van der Waals surface area contributed by atoms with Gasteiger partial charge in [0, 0.05) is 21.5 Å². The van der Waals surface area contributed by atoms with Crippen molar-refractivity contribution in [2.75, 3.05) is 7.05 Å². The maximum atomic E-state index is 5.96. The number of benzene rings is 2. The molecule has 0 saturated heterocycles. The first kappa shape index (κ1) is 15.6. The van der Waals surface area contributed by atoms with E-state index in [1.807, 2.05) is 19.2 Å². The third-order valence-corrected chi connectivity index (χ3v) is 4.45. The molecule has 1 nitrogen and oxygen atoms in total. The molecule has 0 aromatic heterocycles. The van der Waals surface area contributed by atoms with E-state index < -0.39 is 0 Å². The van der Waals surface area contributed by atoms with Crippen LogP contribution in [0.15, 0.2) is 53.0 Å². The molecule has 2 aromatic carbocycles. The summed E-state index contributed by atoms with van der Waals surface area (Å²) in [5.74, 6) is 0.429. The normalized spacial score (nSPS) is 14.0. The van der Waals surface area contributed by atoms with Crippen LogP contribution in [0, 0.1) is 0 Å². The lowest BCUT2D eigenvalue weighted by molar-refractivity contribution is 0.491. The van der Waals surface area contributed by atoms with Gasteiger partial charge in [-0.3, -0.25) is 0 Å². The molecule has 2 aromatic rings. The highest BCUT2D eigenvalue weighted by Gasteiger charge is 2.18. The Labute approximate surface area is 134 Å². The van der Waals surface area contributed by atoms with Crippen LogP contribution in [0.4, 0.5) is 0 Å². The molecule has 0 saturated carbocycles. The van der Waals surface area contributed by atoms with Crippen molar-refractivity contribution in [2.24, 2.45) is 0 Å². The van der Waals surface area contributed by atoms with Crippen molar-refractivity contribution in [3.05, 3.63) is 69.2 Å². The van der Waals surface area contributed by atoms with Crippen molar-refractivity contribution in [3.8, 4) is 0 Å². The summed E-state index contributed by atoms with van der Waals surface area (Å²) in [5.41, 5.74) is 2.65. The Bertz CT molecular complexity index is 553. The monoisotopic (exact) mass is 351 g/mol. The van der Waals surface area contributed by atoms with Gasteiger partial charge in [-0.15, -0.1) is 0 Å². The molecule has 3 heteroatoms.